The number of aliphatic hydroxyl groups excluding tert-OH is 1. The second kappa shape index (κ2) is 6.14. The normalized spacial score (nSPS) is 31.8. The largest absolute Gasteiger partial charge is 0.393 e. The average Bonchev–Trinajstić information content (AvgIpc) is 2.26. The van der Waals surface area contributed by atoms with E-state index >= 15 is 0 Å². The summed E-state index contributed by atoms with van der Waals surface area (Å²) in [6, 6.07) is 0. The second-order valence-electron chi connectivity index (χ2n) is 5.90. The van der Waals surface area contributed by atoms with Crippen LogP contribution < -0.4 is 0 Å². The van der Waals surface area contributed by atoms with Gasteiger partial charge in [0.1, 0.15) is 0 Å². The second-order valence-corrected chi connectivity index (χ2v) is 5.90. The van der Waals surface area contributed by atoms with Gasteiger partial charge in [0.15, 0.2) is 0 Å². The first kappa shape index (κ1) is 13.3. The molecule has 0 amide bonds. The molecule has 100 valence electrons. The lowest BCUT2D eigenvalue weighted by Gasteiger charge is -2.36. The Kier molecular flexibility index (Phi) is 4.79. The van der Waals surface area contributed by atoms with Gasteiger partial charge in [-0.3, -0.25) is 4.90 Å². The molecule has 2 rings (SSSR count). The van der Waals surface area contributed by atoms with Gasteiger partial charge >= 0.3 is 0 Å². The van der Waals surface area contributed by atoms with Crippen LogP contribution in [0, 0.1) is 5.92 Å². The first-order chi connectivity index (χ1) is 8.13. The first-order valence-corrected chi connectivity index (χ1v) is 6.91. The molecule has 0 aromatic rings. The molecule has 0 spiro atoms. The van der Waals surface area contributed by atoms with Gasteiger partial charge in [-0.2, -0.15) is 0 Å². The van der Waals surface area contributed by atoms with Gasteiger partial charge in [0, 0.05) is 45.8 Å². The van der Waals surface area contributed by atoms with E-state index in [1.807, 2.05) is 0 Å². The van der Waals surface area contributed by atoms with E-state index in [0.717, 1.165) is 31.8 Å². The number of hydrogen-bond acceptors (Lipinski definition) is 4. The standard InChI is InChI=1S/C13H27N3O/c1-14-3-6-16(7-4-14)8-5-15(2)11-12-9-13(17)10-12/h12-13,17H,3-11H2,1-2H3. The molecule has 1 aliphatic heterocycles. The molecule has 2 aliphatic rings. The van der Waals surface area contributed by atoms with Crippen molar-refractivity contribution < 1.29 is 5.11 Å². The van der Waals surface area contributed by atoms with Crippen molar-refractivity contribution >= 4 is 0 Å². The van der Waals surface area contributed by atoms with Crippen LogP contribution in [0.3, 0.4) is 0 Å². The van der Waals surface area contributed by atoms with Crippen molar-refractivity contribution in [2.75, 3.05) is 59.9 Å². The molecule has 0 aromatic carbocycles. The summed E-state index contributed by atoms with van der Waals surface area (Å²) in [5, 5.41) is 9.26. The van der Waals surface area contributed by atoms with Crippen LogP contribution >= 0.6 is 0 Å². The van der Waals surface area contributed by atoms with Crippen molar-refractivity contribution in [3.63, 3.8) is 0 Å². The van der Waals surface area contributed by atoms with E-state index in [1.165, 1.54) is 32.7 Å². The van der Waals surface area contributed by atoms with Gasteiger partial charge < -0.3 is 14.9 Å². The third-order valence-electron chi connectivity index (χ3n) is 4.17. The lowest BCUT2D eigenvalue weighted by atomic mass is 9.82. The zero-order chi connectivity index (χ0) is 12.3. The zero-order valence-corrected chi connectivity index (χ0v) is 11.3. The quantitative estimate of drug-likeness (QED) is 0.730. The summed E-state index contributed by atoms with van der Waals surface area (Å²) in [6.45, 7) is 8.36. The number of hydrogen-bond donors (Lipinski definition) is 1. The minimum atomic E-state index is -0.00830. The van der Waals surface area contributed by atoms with Crippen molar-refractivity contribution in [1.82, 2.24) is 14.7 Å². The smallest absolute Gasteiger partial charge is 0.0546 e. The summed E-state index contributed by atoms with van der Waals surface area (Å²) >= 11 is 0. The summed E-state index contributed by atoms with van der Waals surface area (Å²) in [6.07, 6.45) is 2.02. The Hall–Kier alpha value is -0.160. The van der Waals surface area contributed by atoms with E-state index in [9.17, 15) is 5.11 Å². The maximum Gasteiger partial charge on any atom is 0.0546 e. The van der Waals surface area contributed by atoms with Crippen LogP contribution in [0.1, 0.15) is 12.8 Å². The van der Waals surface area contributed by atoms with Crippen molar-refractivity contribution in [2.24, 2.45) is 5.92 Å². The lowest BCUT2D eigenvalue weighted by molar-refractivity contribution is 0.0265. The van der Waals surface area contributed by atoms with E-state index in [-0.39, 0.29) is 6.10 Å². The third kappa shape index (κ3) is 4.21. The molecular formula is C13H27N3O. The van der Waals surface area contributed by atoms with Gasteiger partial charge in [-0.1, -0.05) is 0 Å². The molecule has 1 heterocycles. The lowest BCUT2D eigenvalue weighted by Crippen LogP contribution is -2.47. The molecule has 0 atom stereocenters. The zero-order valence-electron chi connectivity index (χ0n) is 11.3. The fraction of sp³-hybridized carbons (Fsp3) is 1.00. The Morgan fingerprint density at radius 1 is 1.18 bits per heavy atom. The topological polar surface area (TPSA) is 30.0 Å². The maximum atomic E-state index is 9.26. The van der Waals surface area contributed by atoms with Crippen molar-refractivity contribution in [1.29, 1.82) is 0 Å². The SMILES string of the molecule is CN1CCN(CCN(C)CC2CC(O)C2)CC1. The van der Waals surface area contributed by atoms with E-state index in [0.29, 0.717) is 0 Å². The molecule has 0 bridgehead atoms. The van der Waals surface area contributed by atoms with E-state index in [1.54, 1.807) is 0 Å². The fourth-order valence-corrected chi connectivity index (χ4v) is 2.77. The number of likely N-dealkylation sites (N-methyl/N-ethyl adjacent to an activating group) is 2. The Bertz CT molecular complexity index is 223. The van der Waals surface area contributed by atoms with Crippen molar-refractivity contribution in [3.05, 3.63) is 0 Å². The van der Waals surface area contributed by atoms with Crippen LogP contribution in [0.25, 0.3) is 0 Å². The molecule has 4 nitrogen and oxygen atoms in total. The van der Waals surface area contributed by atoms with Gasteiger partial charge in [0.2, 0.25) is 0 Å². The molecule has 0 radical (unpaired) electrons. The summed E-state index contributed by atoms with van der Waals surface area (Å²) in [5.41, 5.74) is 0. The molecule has 2 fully saturated rings. The Balaban J connectivity index is 1.55. The van der Waals surface area contributed by atoms with Crippen molar-refractivity contribution in [3.8, 4) is 0 Å². The predicted molar refractivity (Wildman–Crippen MR) is 70.2 cm³/mol. The van der Waals surface area contributed by atoms with Crippen LogP contribution in [0.15, 0.2) is 0 Å². The van der Waals surface area contributed by atoms with Crippen LogP contribution in [-0.4, -0.2) is 85.8 Å². The summed E-state index contributed by atoms with van der Waals surface area (Å²) in [4.78, 5) is 7.39. The monoisotopic (exact) mass is 241 g/mol. The van der Waals surface area contributed by atoms with E-state index in [4.69, 9.17) is 0 Å². The fourth-order valence-electron chi connectivity index (χ4n) is 2.77. The highest BCUT2D eigenvalue weighted by atomic mass is 16.3. The third-order valence-corrected chi connectivity index (χ3v) is 4.17. The van der Waals surface area contributed by atoms with Crippen LogP contribution in [-0.2, 0) is 0 Å². The Morgan fingerprint density at radius 3 is 2.41 bits per heavy atom. The number of piperazine rings is 1. The molecule has 1 aliphatic carbocycles. The van der Waals surface area contributed by atoms with Gasteiger partial charge in [-0.05, 0) is 32.9 Å². The summed E-state index contributed by atoms with van der Waals surface area (Å²) in [5.74, 6) is 0.738. The van der Waals surface area contributed by atoms with Crippen LogP contribution in [0.2, 0.25) is 0 Å². The minimum Gasteiger partial charge on any atom is -0.393 e. The Morgan fingerprint density at radius 2 is 1.82 bits per heavy atom. The van der Waals surface area contributed by atoms with E-state index in [2.05, 4.69) is 28.8 Å². The number of nitrogens with zero attached hydrogens (tertiary/aromatic N) is 3. The number of aliphatic hydroxyl groups is 1. The molecular weight excluding hydrogens is 214 g/mol. The average molecular weight is 241 g/mol. The van der Waals surface area contributed by atoms with Gasteiger partial charge in [0.25, 0.3) is 0 Å². The molecule has 4 heteroatoms. The van der Waals surface area contributed by atoms with Gasteiger partial charge in [-0.25, -0.2) is 0 Å². The highest BCUT2D eigenvalue weighted by Gasteiger charge is 2.27. The molecule has 1 N–H and O–H groups in total. The van der Waals surface area contributed by atoms with Crippen LogP contribution in [0.4, 0.5) is 0 Å². The Labute approximate surface area is 105 Å². The highest BCUT2D eigenvalue weighted by Crippen LogP contribution is 2.27. The first-order valence-electron chi connectivity index (χ1n) is 6.91. The minimum absolute atomic E-state index is 0.00830. The number of rotatable bonds is 5. The molecule has 1 saturated heterocycles. The highest BCUT2D eigenvalue weighted by molar-refractivity contribution is 4.81. The summed E-state index contributed by atoms with van der Waals surface area (Å²) < 4.78 is 0. The molecule has 0 unspecified atom stereocenters. The van der Waals surface area contributed by atoms with E-state index < -0.39 is 0 Å². The maximum absolute atomic E-state index is 9.26. The van der Waals surface area contributed by atoms with Crippen molar-refractivity contribution in [2.45, 2.75) is 18.9 Å². The molecule has 0 aromatic heterocycles. The molecule has 1 saturated carbocycles. The summed E-state index contributed by atoms with van der Waals surface area (Å²) in [7, 11) is 4.41. The predicted octanol–water partition coefficient (Wildman–Crippen LogP) is -0.0635. The molecule has 17 heavy (non-hydrogen) atoms. The van der Waals surface area contributed by atoms with Crippen LogP contribution in [0.5, 0.6) is 0 Å². The van der Waals surface area contributed by atoms with Gasteiger partial charge in [0.05, 0.1) is 6.10 Å². The van der Waals surface area contributed by atoms with Gasteiger partial charge in [-0.15, -0.1) is 0 Å².